The molecule has 1 radical (unpaired) electrons. The van der Waals surface area contributed by atoms with Gasteiger partial charge in [0, 0.05) is 65.1 Å². The van der Waals surface area contributed by atoms with E-state index in [1.165, 1.54) is 22.7 Å². The smallest absolute Gasteiger partial charge is 0.0704 e. The van der Waals surface area contributed by atoms with Gasteiger partial charge in [0.15, 0.2) is 0 Å². The van der Waals surface area contributed by atoms with Crippen LogP contribution in [0.5, 0.6) is 0 Å². The molecule has 3 aromatic heterocycles. The molecule has 9 heteroatoms. The van der Waals surface area contributed by atoms with Gasteiger partial charge in [0.25, 0.3) is 0 Å². The molecule has 13 rings (SSSR count). The second kappa shape index (κ2) is 16.3. The topological polar surface area (TPSA) is 66.9 Å². The van der Waals surface area contributed by atoms with E-state index < -0.39 is 0 Å². The van der Waals surface area contributed by atoms with Gasteiger partial charge in [-0.2, -0.15) is 13.3 Å². The molecule has 0 unspecified atom stereocenters. The second-order valence-electron chi connectivity index (χ2n) is 15.9. The Kier molecular flexibility index (Phi) is 10.3. The summed E-state index contributed by atoms with van der Waals surface area (Å²) in [5, 5.41) is 4.41. The summed E-state index contributed by atoms with van der Waals surface area (Å²) < 4.78 is 0. The summed E-state index contributed by atoms with van der Waals surface area (Å²) in [6.45, 7) is 4.15. The Morgan fingerprint density at radius 2 is 0.556 bits per heavy atom. The number of anilines is 4. The fourth-order valence-electron chi connectivity index (χ4n) is 9.01. The van der Waals surface area contributed by atoms with Crippen molar-refractivity contribution in [3.05, 3.63) is 183 Å². The summed E-state index contributed by atoms with van der Waals surface area (Å²) in [7, 11) is 8.23. The zero-order chi connectivity index (χ0) is 41.9. The molecule has 311 valence electrons. The average molecular weight is 995 g/mol. The molecule has 8 bridgehead atoms. The summed E-state index contributed by atoms with van der Waals surface area (Å²) in [4.78, 5) is 29.0. The molecule has 4 aliphatic rings. The van der Waals surface area contributed by atoms with Gasteiger partial charge in [-0.3, -0.25) is 0 Å². The van der Waals surface area contributed by atoms with Crippen molar-refractivity contribution < 1.29 is 20.1 Å². The van der Waals surface area contributed by atoms with Crippen LogP contribution in [0.25, 0.3) is 88.6 Å². The molecule has 7 heterocycles. The van der Waals surface area contributed by atoms with E-state index in [4.69, 9.17) is 19.9 Å². The average Bonchev–Trinajstić information content (AvgIpc) is 4.14. The summed E-state index contributed by atoms with van der Waals surface area (Å²) in [5.41, 5.74) is 16.8. The number of nitrogens with zero attached hydrogens (tertiary/aromatic N) is 8. The molecule has 9 aromatic rings. The Morgan fingerprint density at radius 1 is 0.333 bits per heavy atom. The third-order valence-corrected chi connectivity index (χ3v) is 11.9. The molecule has 6 aromatic carbocycles. The first-order chi connectivity index (χ1) is 30.4. The van der Waals surface area contributed by atoms with Crippen molar-refractivity contribution in [2.24, 2.45) is 0 Å². The van der Waals surface area contributed by atoms with Gasteiger partial charge in [0.1, 0.15) is 0 Å². The molecule has 4 aliphatic heterocycles. The molecule has 0 aliphatic carbocycles. The van der Waals surface area contributed by atoms with Gasteiger partial charge in [-0.05, 0) is 98.3 Å². The van der Waals surface area contributed by atoms with Crippen molar-refractivity contribution in [1.29, 1.82) is 0 Å². The van der Waals surface area contributed by atoms with Crippen LogP contribution in [0.4, 0.5) is 22.7 Å². The minimum absolute atomic E-state index is 0. The van der Waals surface area contributed by atoms with E-state index in [0.717, 1.165) is 88.6 Å². The zero-order valence-electron chi connectivity index (χ0n) is 35.2. The van der Waals surface area contributed by atoms with Crippen molar-refractivity contribution >= 4 is 66.4 Å². The van der Waals surface area contributed by atoms with Crippen molar-refractivity contribution in [3.8, 4) is 45.0 Å². The number of fused-ring (bicyclic) bond motifs is 22. The van der Waals surface area contributed by atoms with Gasteiger partial charge in [-0.15, -0.1) is 22.1 Å². The van der Waals surface area contributed by atoms with Crippen LogP contribution in [-0.2, 0) is 20.1 Å². The molecule has 0 saturated heterocycles. The molecule has 8 nitrogen and oxygen atoms in total. The summed E-state index contributed by atoms with van der Waals surface area (Å²) in [5.74, 6) is 0. The van der Waals surface area contributed by atoms with Crippen molar-refractivity contribution in [3.63, 3.8) is 0 Å². The normalized spacial score (nSPS) is 13.0. The first kappa shape index (κ1) is 39.9. The van der Waals surface area contributed by atoms with E-state index in [9.17, 15) is 0 Å². The Bertz CT molecular complexity index is 2940. The number of hydrogen-bond acceptors (Lipinski definition) is 6. The third kappa shape index (κ3) is 7.09. The molecular formula is C54H42IrN8-4. The van der Waals surface area contributed by atoms with Crippen LogP contribution < -0.4 is 29.6 Å². The van der Waals surface area contributed by atoms with Crippen molar-refractivity contribution in [2.45, 2.75) is 0 Å². The number of rotatable bonds is 0. The Labute approximate surface area is 380 Å². The first-order valence-corrected chi connectivity index (χ1v) is 20.8. The zero-order valence-corrected chi connectivity index (χ0v) is 37.6. The van der Waals surface area contributed by atoms with E-state index in [1.54, 1.807) is 0 Å². The number of aromatic nitrogens is 4. The number of benzene rings is 6. The molecule has 0 saturated carbocycles. The number of para-hydroxylation sites is 4. The van der Waals surface area contributed by atoms with Crippen LogP contribution >= 0.6 is 0 Å². The van der Waals surface area contributed by atoms with Crippen molar-refractivity contribution in [2.75, 3.05) is 47.8 Å². The van der Waals surface area contributed by atoms with Gasteiger partial charge in [-0.25, -0.2) is 9.97 Å². The third-order valence-electron chi connectivity index (χ3n) is 11.9. The van der Waals surface area contributed by atoms with Gasteiger partial charge in [0.05, 0.1) is 22.8 Å². The second-order valence-corrected chi connectivity index (χ2v) is 15.9. The summed E-state index contributed by atoms with van der Waals surface area (Å²) >= 11 is 0. The monoisotopic (exact) mass is 995 g/mol. The van der Waals surface area contributed by atoms with Crippen LogP contribution in [0.2, 0.25) is 0 Å². The Hall–Kier alpha value is -7.19. The maximum atomic E-state index is 5.13. The molecular weight excluding hydrogens is 953 g/mol. The van der Waals surface area contributed by atoms with Gasteiger partial charge in [0.2, 0.25) is 0 Å². The molecule has 0 amide bonds. The quantitative estimate of drug-likeness (QED) is 0.139. The fourth-order valence-corrected chi connectivity index (χ4v) is 9.01. The predicted octanol–water partition coefficient (Wildman–Crippen LogP) is 11.9. The van der Waals surface area contributed by atoms with E-state index >= 15 is 0 Å². The minimum Gasteiger partial charge on any atom is -0.657 e. The van der Waals surface area contributed by atoms with Crippen molar-refractivity contribution in [1.82, 2.24) is 19.9 Å². The molecule has 0 spiro atoms. The molecule has 0 atom stereocenters. The van der Waals surface area contributed by atoms with Gasteiger partial charge < -0.3 is 29.6 Å². The standard InChI is InChI=1S/C36H20N4.2C9H11N2.Ir/c1-2-10-22-21(9-1)29-17-31-23-11-3-4-12-24(23)33(38-31)19-35-27-15-7-8-16-28(27)36(40-35)20-34-26-14-6-5-13-25(26)32(39-34)18-30(22)37-29;2*1-10-7-11(2)9-6-4-3-5-8(9)10;/h1-20H;2*3-7H,1-2H3;/q-2;2*-1;. The maximum Gasteiger partial charge on any atom is 0.0704 e. The fraction of sp³-hybridized carbons (Fsp3) is 0.0741. The summed E-state index contributed by atoms with van der Waals surface area (Å²) in [6.07, 6.45) is 0. The van der Waals surface area contributed by atoms with E-state index in [0.29, 0.717) is 0 Å². The van der Waals surface area contributed by atoms with Gasteiger partial charge >= 0.3 is 0 Å². The van der Waals surface area contributed by atoms with Crippen LogP contribution in [0.3, 0.4) is 0 Å². The van der Waals surface area contributed by atoms with Crippen LogP contribution in [0.1, 0.15) is 0 Å². The SMILES string of the molecule is CN1[CH-]N(C)c2ccccc21.CN1[CH-]N(C)c2ccccc21.[Ir].c1ccc2c(c1)-c1cc3[n-]c(cc4nc(cc5[n-]c(cc-2n1)c1ccccc51)-c1ccccc1-4)c1ccccc31. The van der Waals surface area contributed by atoms with Crippen LogP contribution in [0.15, 0.2) is 170 Å². The Balaban J connectivity index is 0.000000167. The predicted molar refractivity (Wildman–Crippen MR) is 258 cm³/mol. The van der Waals surface area contributed by atoms with E-state index in [2.05, 4.69) is 231 Å². The molecule has 63 heavy (non-hydrogen) atoms. The maximum absolute atomic E-state index is 5.13. The van der Waals surface area contributed by atoms with E-state index in [1.807, 2.05) is 0 Å². The van der Waals surface area contributed by atoms with E-state index in [-0.39, 0.29) is 20.1 Å². The minimum atomic E-state index is 0. The largest absolute Gasteiger partial charge is 0.657 e. The van der Waals surface area contributed by atoms with Gasteiger partial charge in [-0.1, -0.05) is 121 Å². The van der Waals surface area contributed by atoms with Crippen LogP contribution in [-0.4, -0.2) is 38.2 Å². The molecule has 0 fully saturated rings. The Morgan fingerprint density at radius 3 is 0.810 bits per heavy atom. The first-order valence-electron chi connectivity index (χ1n) is 20.8. The summed E-state index contributed by atoms with van der Waals surface area (Å²) in [6, 6.07) is 58.8. The molecule has 0 N–H and O–H groups in total. The number of hydrogen-bond donors (Lipinski definition) is 0. The van der Waals surface area contributed by atoms with Crippen LogP contribution in [0, 0.1) is 13.3 Å².